The van der Waals surface area contributed by atoms with Gasteiger partial charge in [-0.3, -0.25) is 0 Å². The van der Waals surface area contributed by atoms with Gasteiger partial charge in [-0.1, -0.05) is 35.0 Å². The molecule has 2 rings (SSSR count). The number of alkyl halides is 1. The second kappa shape index (κ2) is 6.03. The molecular weight excluding hydrogens is 259 g/mol. The maximum atomic E-state index is 6.06. The Labute approximate surface area is 110 Å². The molecule has 1 aromatic carbocycles. The Hall–Kier alpha value is -1.06. The minimum Gasteiger partial charge on any atom is -0.339 e. The zero-order chi connectivity index (χ0) is 12.1. The highest BCUT2D eigenvalue weighted by atomic mass is 35.5. The van der Waals surface area contributed by atoms with Crippen LogP contribution in [0.3, 0.4) is 0 Å². The predicted molar refractivity (Wildman–Crippen MR) is 67.6 cm³/mol. The van der Waals surface area contributed by atoms with Crippen molar-refractivity contribution in [1.82, 2.24) is 10.1 Å². The summed E-state index contributed by atoms with van der Waals surface area (Å²) < 4.78 is 5.12. The predicted octanol–water partition coefficient (Wildman–Crippen LogP) is 3.49. The van der Waals surface area contributed by atoms with Gasteiger partial charge >= 0.3 is 0 Å². The molecule has 3 nitrogen and oxygen atoms in total. The van der Waals surface area contributed by atoms with Crippen LogP contribution in [0, 0.1) is 0 Å². The second-order valence-electron chi connectivity index (χ2n) is 3.67. The molecule has 90 valence electrons. The summed E-state index contributed by atoms with van der Waals surface area (Å²) in [7, 11) is 0. The largest absolute Gasteiger partial charge is 0.339 e. The van der Waals surface area contributed by atoms with Crippen LogP contribution in [0.4, 0.5) is 0 Å². The summed E-state index contributed by atoms with van der Waals surface area (Å²) in [5, 5.41) is 4.64. The Kier molecular flexibility index (Phi) is 4.40. The molecule has 0 saturated heterocycles. The third kappa shape index (κ3) is 3.45. The number of rotatable bonds is 5. The number of aryl methyl sites for hydroxylation is 1. The van der Waals surface area contributed by atoms with E-state index in [1.165, 1.54) is 0 Å². The molecule has 0 fully saturated rings. The van der Waals surface area contributed by atoms with E-state index in [1.807, 2.05) is 24.3 Å². The third-order valence-corrected chi connectivity index (χ3v) is 2.98. The fraction of sp³-hybridized carbons (Fsp3) is 0.333. The van der Waals surface area contributed by atoms with Gasteiger partial charge in [0.2, 0.25) is 5.89 Å². The molecule has 0 atom stereocenters. The molecule has 0 unspecified atom stereocenters. The lowest BCUT2D eigenvalue weighted by Crippen LogP contribution is -1.92. The Morgan fingerprint density at radius 1 is 1.24 bits per heavy atom. The summed E-state index contributed by atoms with van der Waals surface area (Å²) in [5.41, 5.74) is 0.999. The van der Waals surface area contributed by atoms with Crippen LogP contribution in [-0.2, 0) is 12.8 Å². The molecule has 0 aliphatic carbocycles. The number of benzene rings is 1. The van der Waals surface area contributed by atoms with Gasteiger partial charge in [-0.15, -0.1) is 11.6 Å². The SMILES string of the molecule is ClCCCc1nc(Cc2ccccc2Cl)no1. The summed E-state index contributed by atoms with van der Waals surface area (Å²) in [6.45, 7) is 0. The Morgan fingerprint density at radius 3 is 2.82 bits per heavy atom. The third-order valence-electron chi connectivity index (χ3n) is 2.34. The van der Waals surface area contributed by atoms with Gasteiger partial charge in [-0.2, -0.15) is 4.98 Å². The monoisotopic (exact) mass is 270 g/mol. The standard InChI is InChI=1S/C12H12Cl2N2O/c13-7-3-6-12-15-11(16-17-12)8-9-4-1-2-5-10(9)14/h1-2,4-5H,3,6-8H2. The van der Waals surface area contributed by atoms with Crippen LogP contribution in [0.2, 0.25) is 5.02 Å². The zero-order valence-corrected chi connectivity index (χ0v) is 10.7. The summed E-state index contributed by atoms with van der Waals surface area (Å²) >= 11 is 11.7. The fourth-order valence-electron chi connectivity index (χ4n) is 1.49. The smallest absolute Gasteiger partial charge is 0.226 e. The fourth-order valence-corrected chi connectivity index (χ4v) is 1.83. The summed E-state index contributed by atoms with van der Waals surface area (Å²) in [6, 6.07) is 7.65. The van der Waals surface area contributed by atoms with E-state index in [0.717, 1.165) is 23.4 Å². The van der Waals surface area contributed by atoms with Crippen LogP contribution in [0.25, 0.3) is 0 Å². The highest BCUT2D eigenvalue weighted by Crippen LogP contribution is 2.17. The Bertz CT molecular complexity index is 485. The Balaban J connectivity index is 2.04. The van der Waals surface area contributed by atoms with E-state index in [1.54, 1.807) is 0 Å². The van der Waals surface area contributed by atoms with Crippen LogP contribution in [-0.4, -0.2) is 16.0 Å². The van der Waals surface area contributed by atoms with E-state index >= 15 is 0 Å². The topological polar surface area (TPSA) is 38.9 Å². The van der Waals surface area contributed by atoms with Crippen LogP contribution in [0.15, 0.2) is 28.8 Å². The van der Waals surface area contributed by atoms with Gasteiger partial charge < -0.3 is 4.52 Å². The maximum Gasteiger partial charge on any atom is 0.226 e. The van der Waals surface area contributed by atoms with Gasteiger partial charge in [0.05, 0.1) is 0 Å². The maximum absolute atomic E-state index is 6.06. The van der Waals surface area contributed by atoms with E-state index < -0.39 is 0 Å². The van der Waals surface area contributed by atoms with E-state index in [0.29, 0.717) is 24.0 Å². The van der Waals surface area contributed by atoms with Crippen LogP contribution < -0.4 is 0 Å². The number of halogens is 2. The highest BCUT2D eigenvalue weighted by molar-refractivity contribution is 6.31. The van der Waals surface area contributed by atoms with Crippen molar-refractivity contribution in [3.05, 3.63) is 46.6 Å². The summed E-state index contributed by atoms with van der Waals surface area (Å²) in [5.74, 6) is 1.89. The second-order valence-corrected chi connectivity index (χ2v) is 4.45. The van der Waals surface area contributed by atoms with Crippen molar-refractivity contribution in [1.29, 1.82) is 0 Å². The van der Waals surface area contributed by atoms with E-state index in [2.05, 4.69) is 10.1 Å². The minimum absolute atomic E-state index is 0.587. The quantitative estimate of drug-likeness (QED) is 0.781. The lowest BCUT2D eigenvalue weighted by molar-refractivity contribution is 0.373. The van der Waals surface area contributed by atoms with E-state index in [4.69, 9.17) is 27.7 Å². The van der Waals surface area contributed by atoms with Crippen molar-refractivity contribution in [2.24, 2.45) is 0 Å². The average molecular weight is 271 g/mol. The molecule has 2 aromatic rings. The number of hydrogen-bond acceptors (Lipinski definition) is 3. The molecule has 0 aliphatic rings. The first-order chi connectivity index (χ1) is 8.29. The van der Waals surface area contributed by atoms with Crippen LogP contribution >= 0.6 is 23.2 Å². The van der Waals surface area contributed by atoms with E-state index in [9.17, 15) is 0 Å². The molecule has 0 saturated carbocycles. The highest BCUT2D eigenvalue weighted by Gasteiger charge is 2.08. The van der Waals surface area contributed by atoms with Crippen molar-refractivity contribution in [2.75, 3.05) is 5.88 Å². The van der Waals surface area contributed by atoms with E-state index in [-0.39, 0.29) is 0 Å². The van der Waals surface area contributed by atoms with Crippen molar-refractivity contribution in [3.63, 3.8) is 0 Å². The first-order valence-corrected chi connectivity index (χ1v) is 6.31. The average Bonchev–Trinajstić information content (AvgIpc) is 2.77. The number of hydrogen-bond donors (Lipinski definition) is 0. The molecule has 0 spiro atoms. The molecule has 5 heteroatoms. The molecule has 0 bridgehead atoms. The first kappa shape index (κ1) is 12.4. The molecule has 1 aromatic heterocycles. The van der Waals surface area contributed by atoms with Crippen molar-refractivity contribution in [2.45, 2.75) is 19.3 Å². The van der Waals surface area contributed by atoms with Crippen molar-refractivity contribution in [3.8, 4) is 0 Å². The zero-order valence-electron chi connectivity index (χ0n) is 9.20. The molecule has 17 heavy (non-hydrogen) atoms. The van der Waals surface area contributed by atoms with Gasteiger partial charge in [-0.05, 0) is 18.1 Å². The van der Waals surface area contributed by atoms with Crippen LogP contribution in [0.1, 0.15) is 23.7 Å². The van der Waals surface area contributed by atoms with Crippen molar-refractivity contribution < 1.29 is 4.52 Å². The lowest BCUT2D eigenvalue weighted by atomic mass is 10.1. The van der Waals surface area contributed by atoms with Gasteiger partial charge in [0.15, 0.2) is 5.82 Å². The molecule has 1 heterocycles. The van der Waals surface area contributed by atoms with Crippen LogP contribution in [0.5, 0.6) is 0 Å². The van der Waals surface area contributed by atoms with Gasteiger partial charge in [0, 0.05) is 23.7 Å². The molecule has 0 N–H and O–H groups in total. The number of aromatic nitrogens is 2. The minimum atomic E-state index is 0.587. The molecular formula is C12H12Cl2N2O. The number of nitrogens with zero attached hydrogens (tertiary/aromatic N) is 2. The summed E-state index contributed by atoms with van der Waals surface area (Å²) in [4.78, 5) is 4.29. The summed E-state index contributed by atoms with van der Waals surface area (Å²) in [6.07, 6.45) is 2.15. The normalized spacial score (nSPS) is 10.7. The Morgan fingerprint density at radius 2 is 2.06 bits per heavy atom. The van der Waals surface area contributed by atoms with Gasteiger partial charge in [0.1, 0.15) is 0 Å². The molecule has 0 aliphatic heterocycles. The molecule has 0 amide bonds. The lowest BCUT2D eigenvalue weighted by Gasteiger charge is -1.98. The first-order valence-electron chi connectivity index (χ1n) is 5.40. The van der Waals surface area contributed by atoms with Gasteiger partial charge in [-0.25, -0.2) is 0 Å². The molecule has 0 radical (unpaired) electrons. The van der Waals surface area contributed by atoms with Crippen molar-refractivity contribution >= 4 is 23.2 Å². The van der Waals surface area contributed by atoms with Gasteiger partial charge in [0.25, 0.3) is 0 Å².